The van der Waals surface area contributed by atoms with E-state index in [1.54, 1.807) is 4.90 Å². The second kappa shape index (κ2) is 7.68. The van der Waals surface area contributed by atoms with Gasteiger partial charge in [0.15, 0.2) is 5.17 Å². The number of hydrogen-bond donors (Lipinski definition) is 0. The number of rotatable bonds is 5. The molecule has 0 aromatic heterocycles. The Hall–Kier alpha value is -1.75. The number of para-hydroxylation sites is 1. The van der Waals surface area contributed by atoms with Crippen LogP contribution in [0.4, 0.5) is 0 Å². The van der Waals surface area contributed by atoms with E-state index in [0.29, 0.717) is 11.5 Å². The SMILES string of the molecule is CCOc1ccccc1/C=C1/SC(=NC(C)C)N(C(C)C)C1=O. The molecule has 1 heterocycles. The molecular weight excluding hydrogens is 308 g/mol. The maximum absolute atomic E-state index is 12.7. The number of ether oxygens (including phenoxy) is 1. The van der Waals surface area contributed by atoms with Crippen LogP contribution in [0.2, 0.25) is 0 Å². The fourth-order valence-corrected chi connectivity index (χ4v) is 3.50. The van der Waals surface area contributed by atoms with Gasteiger partial charge in [-0.15, -0.1) is 0 Å². The topological polar surface area (TPSA) is 41.9 Å². The van der Waals surface area contributed by atoms with E-state index < -0.39 is 0 Å². The van der Waals surface area contributed by atoms with Gasteiger partial charge in [0, 0.05) is 17.6 Å². The Balaban J connectivity index is 2.39. The summed E-state index contributed by atoms with van der Waals surface area (Å²) >= 11 is 1.44. The number of amides is 1. The number of carbonyl (C=O) groups is 1. The van der Waals surface area contributed by atoms with Gasteiger partial charge in [-0.25, -0.2) is 0 Å². The summed E-state index contributed by atoms with van der Waals surface area (Å²) in [6, 6.07) is 8.00. The zero-order valence-electron chi connectivity index (χ0n) is 14.4. The largest absolute Gasteiger partial charge is 0.493 e. The van der Waals surface area contributed by atoms with Crippen molar-refractivity contribution < 1.29 is 9.53 Å². The molecule has 5 heteroatoms. The summed E-state index contributed by atoms with van der Waals surface area (Å²) in [6.45, 7) is 10.6. The molecular formula is C18H24N2O2S. The van der Waals surface area contributed by atoms with Crippen molar-refractivity contribution >= 4 is 28.9 Å². The molecule has 124 valence electrons. The van der Waals surface area contributed by atoms with Crippen LogP contribution in [0.3, 0.4) is 0 Å². The lowest BCUT2D eigenvalue weighted by atomic mass is 10.2. The highest BCUT2D eigenvalue weighted by atomic mass is 32.2. The van der Waals surface area contributed by atoms with Crippen molar-refractivity contribution in [1.82, 2.24) is 4.90 Å². The van der Waals surface area contributed by atoms with Gasteiger partial charge in [-0.05, 0) is 58.5 Å². The summed E-state index contributed by atoms with van der Waals surface area (Å²) in [6.07, 6.45) is 1.90. The molecule has 1 aromatic rings. The molecule has 0 unspecified atom stereocenters. The third-order valence-corrected chi connectivity index (χ3v) is 4.22. The van der Waals surface area contributed by atoms with Crippen molar-refractivity contribution in [1.29, 1.82) is 0 Å². The lowest BCUT2D eigenvalue weighted by Gasteiger charge is -2.20. The van der Waals surface area contributed by atoms with E-state index in [1.165, 1.54) is 11.8 Å². The first-order valence-corrected chi connectivity index (χ1v) is 8.78. The number of benzene rings is 1. The van der Waals surface area contributed by atoms with Gasteiger partial charge < -0.3 is 4.74 Å². The zero-order chi connectivity index (χ0) is 17.0. The number of aliphatic imine (C=N–C) groups is 1. The molecule has 0 saturated carbocycles. The molecule has 1 fully saturated rings. The van der Waals surface area contributed by atoms with E-state index in [1.807, 2.05) is 65.0 Å². The minimum atomic E-state index is 0.00991. The number of hydrogen-bond acceptors (Lipinski definition) is 4. The number of amidine groups is 1. The fourth-order valence-electron chi connectivity index (χ4n) is 2.28. The fraction of sp³-hybridized carbons (Fsp3) is 0.444. The van der Waals surface area contributed by atoms with Crippen LogP contribution in [0.5, 0.6) is 5.75 Å². The van der Waals surface area contributed by atoms with Gasteiger partial charge in [0.25, 0.3) is 5.91 Å². The number of nitrogens with zero attached hydrogens (tertiary/aromatic N) is 2. The van der Waals surface area contributed by atoms with Gasteiger partial charge in [-0.1, -0.05) is 18.2 Å². The van der Waals surface area contributed by atoms with E-state index in [4.69, 9.17) is 4.74 Å². The van der Waals surface area contributed by atoms with Crippen LogP contribution in [0.25, 0.3) is 6.08 Å². The second-order valence-corrected chi connectivity index (χ2v) is 6.86. The second-order valence-electron chi connectivity index (χ2n) is 5.86. The van der Waals surface area contributed by atoms with Crippen molar-refractivity contribution in [2.45, 2.75) is 46.7 Å². The molecule has 23 heavy (non-hydrogen) atoms. The smallest absolute Gasteiger partial charge is 0.266 e. The van der Waals surface area contributed by atoms with Gasteiger partial charge in [0.05, 0.1) is 11.5 Å². The normalized spacial score (nSPS) is 18.7. The molecule has 1 amide bonds. The molecule has 0 radical (unpaired) electrons. The van der Waals surface area contributed by atoms with Crippen LogP contribution in [0.1, 0.15) is 40.2 Å². The lowest BCUT2D eigenvalue weighted by molar-refractivity contribution is -0.123. The summed E-state index contributed by atoms with van der Waals surface area (Å²) in [5, 5.41) is 0.778. The molecule has 1 aliphatic heterocycles. The zero-order valence-corrected chi connectivity index (χ0v) is 15.2. The van der Waals surface area contributed by atoms with E-state index in [0.717, 1.165) is 16.5 Å². The lowest BCUT2D eigenvalue weighted by Crippen LogP contribution is -2.35. The molecule has 1 saturated heterocycles. The van der Waals surface area contributed by atoms with Crippen molar-refractivity contribution in [2.24, 2.45) is 4.99 Å². The molecule has 2 rings (SSSR count). The van der Waals surface area contributed by atoms with E-state index in [-0.39, 0.29) is 18.0 Å². The maximum atomic E-state index is 12.7. The Morgan fingerprint density at radius 2 is 1.96 bits per heavy atom. The first-order chi connectivity index (χ1) is 10.9. The van der Waals surface area contributed by atoms with Gasteiger partial charge in [-0.3, -0.25) is 14.7 Å². The van der Waals surface area contributed by atoms with Gasteiger partial charge in [0.1, 0.15) is 5.75 Å². The van der Waals surface area contributed by atoms with Crippen LogP contribution < -0.4 is 4.74 Å². The molecule has 4 nitrogen and oxygen atoms in total. The molecule has 0 bridgehead atoms. The number of thioether (sulfide) groups is 1. The monoisotopic (exact) mass is 332 g/mol. The quantitative estimate of drug-likeness (QED) is 0.760. The first kappa shape index (κ1) is 17.6. The summed E-state index contributed by atoms with van der Waals surface area (Å²) in [7, 11) is 0. The molecule has 0 aliphatic carbocycles. The first-order valence-electron chi connectivity index (χ1n) is 7.96. The molecule has 0 N–H and O–H groups in total. The predicted octanol–water partition coefficient (Wildman–Crippen LogP) is 4.17. The average Bonchev–Trinajstić information content (AvgIpc) is 2.76. The van der Waals surface area contributed by atoms with Crippen molar-refractivity contribution in [2.75, 3.05) is 6.61 Å². The van der Waals surface area contributed by atoms with Crippen LogP contribution >= 0.6 is 11.8 Å². The van der Waals surface area contributed by atoms with E-state index in [2.05, 4.69) is 4.99 Å². The Kier molecular flexibility index (Phi) is 5.88. The Labute approximate surface area is 142 Å². The highest BCUT2D eigenvalue weighted by Crippen LogP contribution is 2.35. The Morgan fingerprint density at radius 3 is 2.57 bits per heavy atom. The minimum Gasteiger partial charge on any atom is -0.493 e. The molecule has 0 spiro atoms. The summed E-state index contributed by atoms with van der Waals surface area (Å²) in [5.74, 6) is 0.803. The van der Waals surface area contributed by atoms with Crippen molar-refractivity contribution in [3.05, 3.63) is 34.7 Å². The summed E-state index contributed by atoms with van der Waals surface area (Å²) < 4.78 is 5.64. The van der Waals surface area contributed by atoms with Gasteiger partial charge in [0.2, 0.25) is 0 Å². The Morgan fingerprint density at radius 1 is 1.26 bits per heavy atom. The van der Waals surface area contributed by atoms with Crippen LogP contribution in [-0.2, 0) is 4.79 Å². The van der Waals surface area contributed by atoms with Gasteiger partial charge in [-0.2, -0.15) is 0 Å². The third-order valence-electron chi connectivity index (χ3n) is 3.23. The Bertz CT molecular complexity index is 636. The van der Waals surface area contributed by atoms with Crippen molar-refractivity contribution in [3.8, 4) is 5.75 Å². The average molecular weight is 332 g/mol. The molecule has 1 aliphatic rings. The van der Waals surface area contributed by atoms with Crippen molar-refractivity contribution in [3.63, 3.8) is 0 Å². The third kappa shape index (κ3) is 4.16. The highest BCUT2D eigenvalue weighted by Gasteiger charge is 2.35. The van der Waals surface area contributed by atoms with Crippen LogP contribution in [0, 0.1) is 0 Å². The van der Waals surface area contributed by atoms with E-state index in [9.17, 15) is 4.79 Å². The summed E-state index contributed by atoms with van der Waals surface area (Å²) in [5.41, 5.74) is 0.916. The minimum absolute atomic E-state index is 0.00991. The van der Waals surface area contributed by atoms with Gasteiger partial charge >= 0.3 is 0 Å². The van der Waals surface area contributed by atoms with Crippen LogP contribution in [0.15, 0.2) is 34.2 Å². The van der Waals surface area contributed by atoms with E-state index >= 15 is 0 Å². The standard InChI is InChI=1S/C18H24N2O2S/c1-6-22-15-10-8-7-9-14(15)11-16-17(21)20(13(4)5)18(23-16)19-12(2)3/h7-13H,6H2,1-5H3/b16-11+,19-18?. The molecule has 1 aromatic carbocycles. The predicted molar refractivity (Wildman–Crippen MR) is 97.7 cm³/mol. The molecule has 0 atom stereocenters. The maximum Gasteiger partial charge on any atom is 0.266 e. The van der Waals surface area contributed by atoms with Crippen LogP contribution in [-0.4, -0.2) is 34.7 Å². The summed E-state index contributed by atoms with van der Waals surface area (Å²) in [4.78, 5) is 19.8. The number of carbonyl (C=O) groups excluding carboxylic acids is 1. The highest BCUT2D eigenvalue weighted by molar-refractivity contribution is 8.18.